The second-order valence-electron chi connectivity index (χ2n) is 6.25. The van der Waals surface area contributed by atoms with Crippen LogP contribution in [-0.4, -0.2) is 24.5 Å². The number of nitrogens with one attached hydrogen (secondary N) is 2. The van der Waals surface area contributed by atoms with Gasteiger partial charge in [-0.1, -0.05) is 18.2 Å². The summed E-state index contributed by atoms with van der Waals surface area (Å²) in [4.78, 5) is 12.1. The number of amides is 1. The number of hydrogen-bond donors (Lipinski definition) is 2. The highest BCUT2D eigenvalue weighted by Gasteiger charge is 2.19. The van der Waals surface area contributed by atoms with E-state index in [0.29, 0.717) is 18.5 Å². The van der Waals surface area contributed by atoms with E-state index in [1.807, 2.05) is 0 Å². The summed E-state index contributed by atoms with van der Waals surface area (Å²) >= 11 is 1.79. The van der Waals surface area contributed by atoms with E-state index in [0.717, 1.165) is 32.2 Å². The summed E-state index contributed by atoms with van der Waals surface area (Å²) in [5.74, 6) is 0.207. The molecule has 0 saturated carbocycles. The van der Waals surface area contributed by atoms with Gasteiger partial charge in [-0.05, 0) is 61.5 Å². The van der Waals surface area contributed by atoms with Crippen molar-refractivity contribution in [1.29, 1.82) is 0 Å². The van der Waals surface area contributed by atoms with Gasteiger partial charge >= 0.3 is 0 Å². The van der Waals surface area contributed by atoms with Crippen molar-refractivity contribution >= 4 is 39.7 Å². The Hall–Kier alpha value is -1.10. The van der Waals surface area contributed by atoms with Crippen LogP contribution in [0.1, 0.15) is 38.2 Å². The molecule has 1 aliphatic heterocycles. The molecular weight excluding hydrogens is 328 g/mol. The van der Waals surface area contributed by atoms with E-state index < -0.39 is 0 Å². The summed E-state index contributed by atoms with van der Waals surface area (Å²) in [6.07, 6.45) is 4.63. The molecule has 23 heavy (non-hydrogen) atoms. The van der Waals surface area contributed by atoms with Gasteiger partial charge in [0, 0.05) is 23.2 Å². The van der Waals surface area contributed by atoms with Crippen molar-refractivity contribution in [3.8, 4) is 0 Å². The van der Waals surface area contributed by atoms with Crippen LogP contribution in [0.4, 0.5) is 0 Å². The first kappa shape index (κ1) is 18.2. The summed E-state index contributed by atoms with van der Waals surface area (Å²) in [5.41, 5.74) is 1.38. The maximum Gasteiger partial charge on any atom is 0.220 e. The highest BCUT2D eigenvalue weighted by atomic mass is 35.5. The molecule has 0 spiro atoms. The van der Waals surface area contributed by atoms with E-state index in [4.69, 9.17) is 0 Å². The van der Waals surface area contributed by atoms with Crippen LogP contribution in [0, 0.1) is 0 Å². The standard InChI is InChI=1S/C18H24N2OS.ClH/c1-13-11-15(9-10-19-13)20-18(21)8-4-5-14-12-22-17-7-3-2-6-16(14)17;/h2-3,6-7,12-13,15,19H,4-5,8-11H2,1H3,(H,20,21);1H. The van der Waals surface area contributed by atoms with Gasteiger partial charge in [0.05, 0.1) is 0 Å². The number of rotatable bonds is 5. The van der Waals surface area contributed by atoms with Crippen LogP contribution < -0.4 is 10.6 Å². The molecule has 126 valence electrons. The van der Waals surface area contributed by atoms with Crippen molar-refractivity contribution in [2.75, 3.05) is 6.54 Å². The molecule has 1 aromatic carbocycles. The predicted molar refractivity (Wildman–Crippen MR) is 101 cm³/mol. The Labute approximate surface area is 148 Å². The Kier molecular flexibility index (Phi) is 6.88. The average Bonchev–Trinajstić information content (AvgIpc) is 2.91. The number of benzene rings is 1. The van der Waals surface area contributed by atoms with E-state index >= 15 is 0 Å². The van der Waals surface area contributed by atoms with Gasteiger partial charge in [-0.25, -0.2) is 0 Å². The molecule has 3 nitrogen and oxygen atoms in total. The molecule has 1 fully saturated rings. The van der Waals surface area contributed by atoms with Gasteiger partial charge in [-0.3, -0.25) is 4.79 Å². The van der Waals surface area contributed by atoms with Gasteiger partial charge in [0.15, 0.2) is 0 Å². The van der Waals surface area contributed by atoms with Gasteiger partial charge < -0.3 is 10.6 Å². The minimum atomic E-state index is 0. The third-order valence-corrected chi connectivity index (χ3v) is 5.41. The minimum absolute atomic E-state index is 0. The Morgan fingerprint density at radius 2 is 2.22 bits per heavy atom. The summed E-state index contributed by atoms with van der Waals surface area (Å²) in [6, 6.07) is 9.37. The zero-order chi connectivity index (χ0) is 15.4. The fourth-order valence-corrected chi connectivity index (χ4v) is 4.23. The van der Waals surface area contributed by atoms with Crippen molar-refractivity contribution in [2.24, 2.45) is 0 Å². The molecule has 2 N–H and O–H groups in total. The number of carbonyl (C=O) groups excluding carboxylic acids is 1. The maximum absolute atomic E-state index is 12.1. The van der Waals surface area contributed by atoms with E-state index in [-0.39, 0.29) is 18.3 Å². The summed E-state index contributed by atoms with van der Waals surface area (Å²) in [7, 11) is 0. The lowest BCUT2D eigenvalue weighted by Gasteiger charge is -2.28. The molecule has 0 aliphatic carbocycles. The fourth-order valence-electron chi connectivity index (χ4n) is 3.23. The number of carbonyl (C=O) groups is 1. The summed E-state index contributed by atoms with van der Waals surface area (Å²) in [6.45, 7) is 3.19. The third-order valence-electron chi connectivity index (χ3n) is 4.40. The lowest BCUT2D eigenvalue weighted by atomic mass is 10.0. The highest BCUT2D eigenvalue weighted by Crippen LogP contribution is 2.26. The van der Waals surface area contributed by atoms with Crippen LogP contribution in [0.15, 0.2) is 29.6 Å². The van der Waals surface area contributed by atoms with Crippen LogP contribution in [0.2, 0.25) is 0 Å². The molecular formula is C18H25ClN2OS. The van der Waals surface area contributed by atoms with Gasteiger partial charge in [-0.2, -0.15) is 0 Å². The Balaban J connectivity index is 0.00000192. The molecule has 1 saturated heterocycles. The SMILES string of the molecule is CC1CC(NC(=O)CCCc2csc3ccccc23)CCN1.Cl. The number of hydrogen-bond acceptors (Lipinski definition) is 3. The van der Waals surface area contributed by atoms with Crippen molar-refractivity contribution in [3.63, 3.8) is 0 Å². The van der Waals surface area contributed by atoms with E-state index in [9.17, 15) is 4.79 Å². The summed E-state index contributed by atoms with van der Waals surface area (Å²) in [5, 5.41) is 10.2. The van der Waals surface area contributed by atoms with E-state index in [2.05, 4.69) is 47.2 Å². The topological polar surface area (TPSA) is 41.1 Å². The maximum atomic E-state index is 12.1. The Morgan fingerprint density at radius 1 is 1.39 bits per heavy atom. The number of thiophene rings is 1. The van der Waals surface area contributed by atoms with Gasteiger partial charge in [0.25, 0.3) is 0 Å². The molecule has 5 heteroatoms. The number of aryl methyl sites for hydroxylation is 1. The highest BCUT2D eigenvalue weighted by molar-refractivity contribution is 7.17. The molecule has 2 aromatic rings. The molecule has 1 aliphatic rings. The van der Waals surface area contributed by atoms with Crippen molar-refractivity contribution in [1.82, 2.24) is 10.6 Å². The predicted octanol–water partition coefficient (Wildman–Crippen LogP) is 3.90. The molecule has 0 bridgehead atoms. The number of piperidine rings is 1. The van der Waals surface area contributed by atoms with Crippen LogP contribution in [0.3, 0.4) is 0 Å². The largest absolute Gasteiger partial charge is 0.353 e. The second-order valence-corrected chi connectivity index (χ2v) is 7.17. The van der Waals surface area contributed by atoms with E-state index in [1.165, 1.54) is 15.6 Å². The molecule has 2 atom stereocenters. The van der Waals surface area contributed by atoms with Crippen LogP contribution in [-0.2, 0) is 11.2 Å². The smallest absolute Gasteiger partial charge is 0.220 e. The average molecular weight is 353 g/mol. The molecule has 0 radical (unpaired) electrons. The minimum Gasteiger partial charge on any atom is -0.353 e. The normalized spacial score (nSPS) is 20.9. The first-order valence-corrected chi connectivity index (χ1v) is 9.08. The monoisotopic (exact) mass is 352 g/mol. The molecule has 2 heterocycles. The van der Waals surface area contributed by atoms with Crippen LogP contribution in [0.25, 0.3) is 10.1 Å². The molecule has 1 aromatic heterocycles. The lowest BCUT2D eigenvalue weighted by Crippen LogP contribution is -2.46. The fraction of sp³-hybridized carbons (Fsp3) is 0.500. The van der Waals surface area contributed by atoms with Crippen LogP contribution >= 0.6 is 23.7 Å². The third kappa shape index (κ3) is 4.93. The lowest BCUT2D eigenvalue weighted by molar-refractivity contribution is -0.122. The van der Waals surface area contributed by atoms with E-state index in [1.54, 1.807) is 11.3 Å². The Morgan fingerprint density at radius 3 is 3.04 bits per heavy atom. The summed E-state index contributed by atoms with van der Waals surface area (Å²) < 4.78 is 1.34. The number of halogens is 1. The van der Waals surface area contributed by atoms with Crippen molar-refractivity contribution in [3.05, 3.63) is 35.2 Å². The quantitative estimate of drug-likeness (QED) is 0.856. The molecule has 1 amide bonds. The molecule has 2 unspecified atom stereocenters. The van der Waals surface area contributed by atoms with Gasteiger partial charge in [-0.15, -0.1) is 23.7 Å². The zero-order valence-corrected chi connectivity index (χ0v) is 15.1. The molecule has 3 rings (SSSR count). The zero-order valence-electron chi connectivity index (χ0n) is 13.5. The van der Waals surface area contributed by atoms with Crippen molar-refractivity contribution in [2.45, 2.75) is 51.1 Å². The van der Waals surface area contributed by atoms with Crippen molar-refractivity contribution < 1.29 is 4.79 Å². The second kappa shape index (κ2) is 8.67. The number of fused-ring (bicyclic) bond motifs is 1. The first-order valence-electron chi connectivity index (χ1n) is 8.20. The van der Waals surface area contributed by atoms with Gasteiger partial charge in [0.1, 0.15) is 0 Å². The Bertz CT molecular complexity index is 643. The first-order chi connectivity index (χ1) is 10.7. The van der Waals surface area contributed by atoms with Crippen LogP contribution in [0.5, 0.6) is 0 Å². The van der Waals surface area contributed by atoms with Gasteiger partial charge in [0.2, 0.25) is 5.91 Å².